The Balaban J connectivity index is 1.86. The molecular formula is C17H23Br2N. The smallest absolute Gasteiger partial charge is 0.0360 e. The molecular weight excluding hydrogens is 378 g/mol. The maximum Gasteiger partial charge on any atom is 0.0360 e. The quantitative estimate of drug-likeness (QED) is 0.677. The van der Waals surface area contributed by atoms with Crippen LogP contribution < -0.4 is 5.32 Å². The SMILES string of the molecule is CCCNC(c1cc(Br)c(C)cc1Br)C1CC2CC2C1. The summed E-state index contributed by atoms with van der Waals surface area (Å²) < 4.78 is 2.48. The highest BCUT2D eigenvalue weighted by atomic mass is 79.9. The van der Waals surface area contributed by atoms with Gasteiger partial charge in [-0.05, 0) is 80.2 Å². The summed E-state index contributed by atoms with van der Waals surface area (Å²) in [7, 11) is 0. The van der Waals surface area contributed by atoms with Gasteiger partial charge in [0.25, 0.3) is 0 Å². The predicted molar refractivity (Wildman–Crippen MR) is 91.9 cm³/mol. The van der Waals surface area contributed by atoms with Crippen molar-refractivity contribution >= 4 is 31.9 Å². The van der Waals surface area contributed by atoms with Gasteiger partial charge in [0, 0.05) is 15.0 Å². The number of rotatable bonds is 5. The Morgan fingerprint density at radius 1 is 1.15 bits per heavy atom. The number of benzene rings is 1. The van der Waals surface area contributed by atoms with Crippen molar-refractivity contribution in [3.05, 3.63) is 32.2 Å². The maximum atomic E-state index is 3.81. The summed E-state index contributed by atoms with van der Waals surface area (Å²) in [6.07, 6.45) is 5.53. The van der Waals surface area contributed by atoms with Crippen LogP contribution in [0.4, 0.5) is 0 Å². The van der Waals surface area contributed by atoms with Gasteiger partial charge in [-0.1, -0.05) is 38.8 Å². The Kier molecular flexibility index (Phi) is 4.59. The molecule has 1 nitrogen and oxygen atoms in total. The van der Waals surface area contributed by atoms with Crippen molar-refractivity contribution in [2.45, 2.75) is 45.6 Å². The molecule has 0 aromatic heterocycles. The minimum absolute atomic E-state index is 0.508. The van der Waals surface area contributed by atoms with Gasteiger partial charge in [0.1, 0.15) is 0 Å². The highest BCUT2D eigenvalue weighted by molar-refractivity contribution is 9.11. The number of halogens is 2. The second-order valence-electron chi connectivity index (χ2n) is 6.54. The van der Waals surface area contributed by atoms with E-state index in [2.05, 4.69) is 63.2 Å². The molecule has 1 aromatic carbocycles. The van der Waals surface area contributed by atoms with Crippen LogP contribution in [0.15, 0.2) is 21.1 Å². The lowest BCUT2D eigenvalue weighted by Gasteiger charge is -2.28. The van der Waals surface area contributed by atoms with E-state index in [0.717, 1.165) is 24.3 Å². The van der Waals surface area contributed by atoms with Gasteiger partial charge in [0.15, 0.2) is 0 Å². The molecule has 0 radical (unpaired) electrons. The van der Waals surface area contributed by atoms with E-state index in [1.54, 1.807) is 0 Å². The van der Waals surface area contributed by atoms with Crippen LogP contribution in [0.5, 0.6) is 0 Å². The van der Waals surface area contributed by atoms with Crippen molar-refractivity contribution in [3.8, 4) is 0 Å². The van der Waals surface area contributed by atoms with Crippen LogP contribution >= 0.6 is 31.9 Å². The van der Waals surface area contributed by atoms with Gasteiger partial charge in [-0.2, -0.15) is 0 Å². The standard InChI is InChI=1S/C17H23Br2N/c1-3-4-20-17(13-7-11-6-12(11)8-13)14-9-15(18)10(2)5-16(14)19/h5,9,11-13,17,20H,3-4,6-8H2,1-2H3. The van der Waals surface area contributed by atoms with Crippen molar-refractivity contribution < 1.29 is 0 Å². The molecule has 0 saturated heterocycles. The molecule has 2 fully saturated rings. The molecule has 20 heavy (non-hydrogen) atoms. The zero-order chi connectivity index (χ0) is 14.3. The molecule has 2 aliphatic carbocycles. The average Bonchev–Trinajstić information content (AvgIpc) is 3.02. The van der Waals surface area contributed by atoms with Crippen LogP contribution in [0, 0.1) is 24.7 Å². The highest BCUT2D eigenvalue weighted by Gasteiger charge is 2.48. The summed E-state index contributed by atoms with van der Waals surface area (Å²) in [6.45, 7) is 5.50. The van der Waals surface area contributed by atoms with E-state index in [9.17, 15) is 0 Å². The van der Waals surface area contributed by atoms with E-state index in [1.807, 2.05) is 0 Å². The molecule has 1 N–H and O–H groups in total. The van der Waals surface area contributed by atoms with Gasteiger partial charge in [-0.3, -0.25) is 0 Å². The fraction of sp³-hybridized carbons (Fsp3) is 0.647. The zero-order valence-electron chi connectivity index (χ0n) is 12.3. The average molecular weight is 401 g/mol. The van der Waals surface area contributed by atoms with Crippen molar-refractivity contribution in [3.63, 3.8) is 0 Å². The van der Waals surface area contributed by atoms with Crippen LogP contribution in [-0.4, -0.2) is 6.54 Å². The zero-order valence-corrected chi connectivity index (χ0v) is 15.4. The molecule has 0 amide bonds. The fourth-order valence-corrected chi connectivity index (χ4v) is 4.83. The van der Waals surface area contributed by atoms with E-state index >= 15 is 0 Å². The van der Waals surface area contributed by atoms with Crippen molar-refractivity contribution in [1.29, 1.82) is 0 Å². The Hall–Kier alpha value is 0.140. The molecule has 3 rings (SSSR count). The first-order valence-electron chi connectivity index (χ1n) is 7.79. The van der Waals surface area contributed by atoms with Gasteiger partial charge in [0.05, 0.1) is 0 Å². The highest BCUT2D eigenvalue weighted by Crippen LogP contribution is 2.57. The normalized spacial score (nSPS) is 29.3. The molecule has 0 aliphatic heterocycles. The van der Waals surface area contributed by atoms with E-state index < -0.39 is 0 Å². The minimum atomic E-state index is 0.508. The van der Waals surface area contributed by atoms with Crippen LogP contribution in [-0.2, 0) is 0 Å². The Bertz CT molecular complexity index is 490. The minimum Gasteiger partial charge on any atom is -0.310 e. The van der Waals surface area contributed by atoms with Crippen LogP contribution in [0.3, 0.4) is 0 Å². The lowest BCUT2D eigenvalue weighted by atomic mass is 9.88. The number of hydrogen-bond acceptors (Lipinski definition) is 1. The van der Waals surface area contributed by atoms with E-state index in [1.165, 1.54) is 45.8 Å². The summed E-state index contributed by atoms with van der Waals surface area (Å²) >= 11 is 7.48. The van der Waals surface area contributed by atoms with Gasteiger partial charge >= 0.3 is 0 Å². The molecule has 2 saturated carbocycles. The summed E-state index contributed by atoms with van der Waals surface area (Å²) in [4.78, 5) is 0. The van der Waals surface area contributed by atoms with Crippen molar-refractivity contribution in [2.75, 3.05) is 6.54 Å². The van der Waals surface area contributed by atoms with Crippen molar-refractivity contribution in [2.24, 2.45) is 17.8 Å². The number of aryl methyl sites for hydroxylation is 1. The third-order valence-electron chi connectivity index (χ3n) is 4.98. The third kappa shape index (κ3) is 3.00. The summed E-state index contributed by atoms with van der Waals surface area (Å²) in [5.74, 6) is 2.90. The summed E-state index contributed by atoms with van der Waals surface area (Å²) in [5, 5.41) is 3.81. The first kappa shape index (κ1) is 15.1. The Labute approximate surface area is 139 Å². The monoisotopic (exact) mass is 399 g/mol. The first-order chi connectivity index (χ1) is 9.60. The molecule has 2 aliphatic rings. The second kappa shape index (κ2) is 6.10. The van der Waals surface area contributed by atoms with Gasteiger partial charge < -0.3 is 5.32 Å². The van der Waals surface area contributed by atoms with E-state index in [0.29, 0.717) is 6.04 Å². The Morgan fingerprint density at radius 3 is 2.50 bits per heavy atom. The molecule has 0 bridgehead atoms. The summed E-state index contributed by atoms with van der Waals surface area (Å²) in [5.41, 5.74) is 2.73. The van der Waals surface area contributed by atoms with Crippen LogP contribution in [0.25, 0.3) is 0 Å². The lowest BCUT2D eigenvalue weighted by molar-refractivity contribution is 0.341. The molecule has 3 unspecified atom stereocenters. The fourth-order valence-electron chi connectivity index (χ4n) is 3.76. The largest absolute Gasteiger partial charge is 0.310 e. The van der Waals surface area contributed by atoms with Crippen molar-refractivity contribution in [1.82, 2.24) is 5.32 Å². The molecule has 110 valence electrons. The number of nitrogens with one attached hydrogen (secondary N) is 1. The molecule has 3 heteroatoms. The number of fused-ring (bicyclic) bond motifs is 1. The van der Waals surface area contributed by atoms with E-state index in [4.69, 9.17) is 0 Å². The Morgan fingerprint density at radius 2 is 1.85 bits per heavy atom. The van der Waals surface area contributed by atoms with E-state index in [-0.39, 0.29) is 0 Å². The van der Waals surface area contributed by atoms with Crippen LogP contribution in [0.2, 0.25) is 0 Å². The lowest BCUT2D eigenvalue weighted by Crippen LogP contribution is -2.29. The number of hydrogen-bond donors (Lipinski definition) is 1. The van der Waals surface area contributed by atoms with Gasteiger partial charge in [-0.25, -0.2) is 0 Å². The first-order valence-corrected chi connectivity index (χ1v) is 9.37. The summed E-state index contributed by atoms with van der Waals surface area (Å²) in [6, 6.07) is 5.07. The topological polar surface area (TPSA) is 12.0 Å². The molecule has 0 heterocycles. The van der Waals surface area contributed by atoms with Gasteiger partial charge in [0.2, 0.25) is 0 Å². The molecule has 3 atom stereocenters. The third-order valence-corrected chi connectivity index (χ3v) is 6.52. The van der Waals surface area contributed by atoms with Crippen LogP contribution in [0.1, 0.15) is 49.8 Å². The molecule has 0 spiro atoms. The predicted octanol–water partition coefficient (Wildman–Crippen LogP) is 5.61. The maximum absolute atomic E-state index is 3.81. The second-order valence-corrected chi connectivity index (χ2v) is 8.25. The molecule has 1 aromatic rings. The van der Waals surface area contributed by atoms with Gasteiger partial charge in [-0.15, -0.1) is 0 Å².